The number of benzene rings is 1. The standard InChI is InChI=1S/C16H18F5N3O.2ClH/c17-15(18)9-13(22-10-15)14(25)24-6-4-23(5-7-24)12-3-1-2-11(8-12)16(19,20)21;;/h1-3,8,13,22H,4-7,9-10H2;2*1H. The number of halogens is 7. The highest BCUT2D eigenvalue weighted by Gasteiger charge is 2.43. The summed E-state index contributed by atoms with van der Waals surface area (Å²) in [4.78, 5) is 15.5. The van der Waals surface area contributed by atoms with Crippen molar-refractivity contribution in [1.29, 1.82) is 0 Å². The topological polar surface area (TPSA) is 35.6 Å². The van der Waals surface area contributed by atoms with Crippen molar-refractivity contribution in [1.82, 2.24) is 10.2 Å². The zero-order chi connectivity index (χ0) is 18.2. The van der Waals surface area contributed by atoms with Crippen LogP contribution in [-0.4, -0.2) is 55.5 Å². The molecule has 4 nitrogen and oxygen atoms in total. The molecule has 1 aromatic rings. The van der Waals surface area contributed by atoms with Gasteiger partial charge in [0.1, 0.15) is 0 Å². The number of carbonyl (C=O) groups is 1. The first-order valence-electron chi connectivity index (χ1n) is 7.98. The van der Waals surface area contributed by atoms with Crippen molar-refractivity contribution in [3.63, 3.8) is 0 Å². The number of piperazine rings is 1. The van der Waals surface area contributed by atoms with Gasteiger partial charge in [0, 0.05) is 38.3 Å². The van der Waals surface area contributed by atoms with Crippen molar-refractivity contribution in [3.8, 4) is 0 Å². The monoisotopic (exact) mass is 435 g/mol. The summed E-state index contributed by atoms with van der Waals surface area (Å²) < 4.78 is 64.8. The normalized spacial score (nSPS) is 22.0. The van der Waals surface area contributed by atoms with Gasteiger partial charge >= 0.3 is 6.18 Å². The molecule has 2 aliphatic rings. The average molecular weight is 436 g/mol. The van der Waals surface area contributed by atoms with E-state index in [0.29, 0.717) is 31.9 Å². The minimum Gasteiger partial charge on any atom is -0.368 e. The molecule has 1 atom stereocenters. The highest BCUT2D eigenvalue weighted by molar-refractivity contribution is 5.85. The van der Waals surface area contributed by atoms with Crippen molar-refractivity contribution >= 4 is 36.4 Å². The molecule has 3 rings (SSSR count). The van der Waals surface area contributed by atoms with Crippen LogP contribution < -0.4 is 10.2 Å². The maximum atomic E-state index is 13.2. The Morgan fingerprint density at radius 3 is 2.26 bits per heavy atom. The Morgan fingerprint density at radius 2 is 1.74 bits per heavy atom. The molecule has 0 bridgehead atoms. The van der Waals surface area contributed by atoms with Crippen molar-refractivity contribution in [2.75, 3.05) is 37.6 Å². The molecule has 1 N–H and O–H groups in total. The van der Waals surface area contributed by atoms with Gasteiger partial charge in [0.15, 0.2) is 0 Å². The maximum absolute atomic E-state index is 13.2. The number of alkyl halides is 5. The van der Waals surface area contributed by atoms with Gasteiger partial charge < -0.3 is 9.80 Å². The number of hydrogen-bond acceptors (Lipinski definition) is 3. The second-order valence-corrected chi connectivity index (χ2v) is 6.35. The Bertz CT molecular complexity index is 651. The van der Waals surface area contributed by atoms with Gasteiger partial charge in [0.25, 0.3) is 5.92 Å². The van der Waals surface area contributed by atoms with E-state index in [9.17, 15) is 26.7 Å². The number of carbonyl (C=O) groups excluding carboxylic acids is 1. The van der Waals surface area contributed by atoms with Crippen LogP contribution in [0.4, 0.5) is 27.6 Å². The van der Waals surface area contributed by atoms with Gasteiger partial charge in [0.2, 0.25) is 5.91 Å². The zero-order valence-corrected chi connectivity index (χ0v) is 15.8. The second-order valence-electron chi connectivity index (χ2n) is 6.35. The summed E-state index contributed by atoms with van der Waals surface area (Å²) in [7, 11) is 0. The molecule has 2 fully saturated rings. The van der Waals surface area contributed by atoms with Crippen molar-refractivity contribution in [2.45, 2.75) is 24.6 Å². The smallest absolute Gasteiger partial charge is 0.368 e. The van der Waals surface area contributed by atoms with E-state index >= 15 is 0 Å². The number of nitrogens with one attached hydrogen (secondary N) is 1. The van der Waals surface area contributed by atoms with Gasteiger partial charge in [-0.15, -0.1) is 24.8 Å². The van der Waals surface area contributed by atoms with Crippen LogP contribution in [-0.2, 0) is 11.0 Å². The fraction of sp³-hybridized carbons (Fsp3) is 0.562. The first-order chi connectivity index (χ1) is 11.7. The lowest BCUT2D eigenvalue weighted by Gasteiger charge is -2.37. The molecule has 154 valence electrons. The molecule has 0 saturated carbocycles. The minimum absolute atomic E-state index is 0. The van der Waals surface area contributed by atoms with Crippen LogP contribution in [0.1, 0.15) is 12.0 Å². The van der Waals surface area contributed by atoms with Crippen LogP contribution in [0.2, 0.25) is 0 Å². The molecule has 0 spiro atoms. The Kier molecular flexibility index (Phi) is 7.72. The van der Waals surface area contributed by atoms with E-state index in [2.05, 4.69) is 5.32 Å². The van der Waals surface area contributed by atoms with Gasteiger partial charge in [-0.3, -0.25) is 10.1 Å². The SMILES string of the molecule is Cl.Cl.O=C(C1CC(F)(F)CN1)N1CCN(c2cccc(C(F)(F)F)c2)CC1. The third-order valence-corrected chi connectivity index (χ3v) is 4.54. The summed E-state index contributed by atoms with van der Waals surface area (Å²) in [6, 6.07) is 4.13. The fourth-order valence-electron chi connectivity index (χ4n) is 3.17. The highest BCUT2D eigenvalue weighted by atomic mass is 35.5. The third-order valence-electron chi connectivity index (χ3n) is 4.54. The Hall–Kier alpha value is -1.32. The van der Waals surface area contributed by atoms with E-state index < -0.39 is 36.7 Å². The predicted octanol–water partition coefficient (Wildman–Crippen LogP) is 3.19. The van der Waals surface area contributed by atoms with Crippen LogP contribution in [0.5, 0.6) is 0 Å². The van der Waals surface area contributed by atoms with Crippen LogP contribution >= 0.6 is 24.8 Å². The maximum Gasteiger partial charge on any atom is 0.416 e. The molecule has 0 aromatic heterocycles. The molecule has 0 radical (unpaired) electrons. The lowest BCUT2D eigenvalue weighted by atomic mass is 10.1. The third kappa shape index (κ3) is 5.58. The van der Waals surface area contributed by atoms with Crippen LogP contribution in [0.3, 0.4) is 0 Å². The molecule has 2 saturated heterocycles. The number of anilines is 1. The Balaban J connectivity index is 0.00000182. The lowest BCUT2D eigenvalue weighted by Crippen LogP contribution is -2.53. The van der Waals surface area contributed by atoms with Crippen LogP contribution in [0.15, 0.2) is 24.3 Å². The summed E-state index contributed by atoms with van der Waals surface area (Å²) in [5.41, 5.74) is -0.284. The van der Waals surface area contributed by atoms with E-state index in [1.54, 1.807) is 11.0 Å². The molecule has 1 amide bonds. The van der Waals surface area contributed by atoms with Gasteiger partial charge in [-0.2, -0.15) is 13.2 Å². The molecule has 1 unspecified atom stereocenters. The first kappa shape index (κ1) is 23.7. The number of hydrogen-bond donors (Lipinski definition) is 1. The van der Waals surface area contributed by atoms with E-state index in [4.69, 9.17) is 0 Å². The summed E-state index contributed by atoms with van der Waals surface area (Å²) in [5.74, 6) is -3.25. The number of nitrogens with zero attached hydrogens (tertiary/aromatic N) is 2. The Morgan fingerprint density at radius 1 is 1.11 bits per heavy atom. The summed E-state index contributed by atoms with van der Waals surface area (Å²) in [6.07, 6.45) is -4.92. The summed E-state index contributed by atoms with van der Waals surface area (Å²) >= 11 is 0. The van der Waals surface area contributed by atoms with Crippen LogP contribution in [0.25, 0.3) is 0 Å². The van der Waals surface area contributed by atoms with Gasteiger partial charge in [0.05, 0.1) is 18.2 Å². The average Bonchev–Trinajstić information content (AvgIpc) is 2.94. The molecule has 2 heterocycles. The van der Waals surface area contributed by atoms with Crippen molar-refractivity contribution < 1.29 is 26.7 Å². The molecule has 0 aliphatic carbocycles. The molecule has 1 aromatic carbocycles. The molecule has 2 aliphatic heterocycles. The fourth-order valence-corrected chi connectivity index (χ4v) is 3.17. The van der Waals surface area contributed by atoms with E-state index in [0.717, 1.165) is 12.1 Å². The summed E-state index contributed by atoms with van der Waals surface area (Å²) in [6.45, 7) is 0.789. The number of amides is 1. The summed E-state index contributed by atoms with van der Waals surface area (Å²) in [5, 5.41) is 2.53. The van der Waals surface area contributed by atoms with Gasteiger partial charge in [-0.1, -0.05) is 6.07 Å². The molecular weight excluding hydrogens is 416 g/mol. The molecule has 11 heteroatoms. The van der Waals surface area contributed by atoms with Crippen molar-refractivity contribution in [2.24, 2.45) is 0 Å². The highest BCUT2D eigenvalue weighted by Crippen LogP contribution is 2.32. The van der Waals surface area contributed by atoms with Crippen molar-refractivity contribution in [3.05, 3.63) is 29.8 Å². The van der Waals surface area contributed by atoms with E-state index in [-0.39, 0.29) is 30.7 Å². The van der Waals surface area contributed by atoms with E-state index in [1.807, 2.05) is 0 Å². The van der Waals surface area contributed by atoms with E-state index in [1.165, 1.54) is 11.0 Å². The number of rotatable bonds is 2. The molecule has 27 heavy (non-hydrogen) atoms. The van der Waals surface area contributed by atoms with Crippen LogP contribution in [0, 0.1) is 0 Å². The molecular formula is C16H20Cl2F5N3O. The predicted molar refractivity (Wildman–Crippen MR) is 96.1 cm³/mol. The minimum atomic E-state index is -4.41. The lowest BCUT2D eigenvalue weighted by molar-refractivity contribution is -0.137. The van der Waals surface area contributed by atoms with Gasteiger partial charge in [-0.05, 0) is 18.2 Å². The second kappa shape index (κ2) is 8.79. The zero-order valence-electron chi connectivity index (χ0n) is 14.1. The Labute approximate surface area is 165 Å². The van der Waals surface area contributed by atoms with Gasteiger partial charge in [-0.25, -0.2) is 8.78 Å². The largest absolute Gasteiger partial charge is 0.416 e. The first-order valence-corrected chi connectivity index (χ1v) is 7.98. The quantitative estimate of drug-likeness (QED) is 0.724.